The molecular formula is C11H13N3O4. The Kier molecular flexibility index (Phi) is 3.42. The number of nitro groups is 1. The van der Waals surface area contributed by atoms with Crippen molar-refractivity contribution in [1.29, 1.82) is 0 Å². The number of non-ortho nitro benzene ring substituents is 1. The summed E-state index contributed by atoms with van der Waals surface area (Å²) in [6.45, 7) is 0.796. The predicted octanol–water partition coefficient (Wildman–Crippen LogP) is 0.991. The summed E-state index contributed by atoms with van der Waals surface area (Å²) in [5.41, 5.74) is -0.0382. The number of nitrogens with one attached hydrogen (secondary N) is 2. The van der Waals surface area contributed by atoms with Crippen LogP contribution in [0.4, 0.5) is 11.4 Å². The van der Waals surface area contributed by atoms with Crippen molar-refractivity contribution >= 4 is 17.3 Å². The van der Waals surface area contributed by atoms with Crippen LogP contribution in [0.5, 0.6) is 5.75 Å². The van der Waals surface area contributed by atoms with Gasteiger partial charge in [0.15, 0.2) is 0 Å². The van der Waals surface area contributed by atoms with Gasteiger partial charge in [-0.2, -0.15) is 0 Å². The molecule has 1 fully saturated rings. The van der Waals surface area contributed by atoms with Crippen molar-refractivity contribution in [2.75, 3.05) is 11.9 Å². The molecule has 0 aliphatic carbocycles. The average Bonchev–Trinajstić information content (AvgIpc) is 2.85. The van der Waals surface area contributed by atoms with Crippen LogP contribution in [0, 0.1) is 10.1 Å². The molecule has 0 aromatic heterocycles. The standard InChI is InChI=1S/C11H13N3O4/c15-10-6-7(14(17)18)3-4-8(10)13-11(16)9-2-1-5-12-9/h3-4,6,9,12,15H,1-2,5H2,(H,13,16)/t9-/m1/s1. The number of benzene rings is 1. The molecule has 96 valence electrons. The fourth-order valence-corrected chi connectivity index (χ4v) is 1.87. The number of phenols is 1. The third kappa shape index (κ3) is 2.57. The zero-order valence-electron chi connectivity index (χ0n) is 9.55. The maximum Gasteiger partial charge on any atom is 0.273 e. The molecule has 0 bridgehead atoms. The molecule has 18 heavy (non-hydrogen) atoms. The fourth-order valence-electron chi connectivity index (χ4n) is 1.87. The number of carbonyl (C=O) groups excluding carboxylic acids is 1. The lowest BCUT2D eigenvalue weighted by Gasteiger charge is -2.11. The second-order valence-electron chi connectivity index (χ2n) is 4.10. The van der Waals surface area contributed by atoms with Gasteiger partial charge in [0.2, 0.25) is 5.91 Å². The second kappa shape index (κ2) is 5.01. The Morgan fingerprint density at radius 2 is 2.33 bits per heavy atom. The van der Waals surface area contributed by atoms with Crippen molar-refractivity contribution in [1.82, 2.24) is 5.32 Å². The van der Waals surface area contributed by atoms with Gasteiger partial charge in [0.05, 0.1) is 22.7 Å². The van der Waals surface area contributed by atoms with Crippen LogP contribution < -0.4 is 10.6 Å². The number of phenolic OH excluding ortho intramolecular Hbond substituents is 1. The van der Waals surface area contributed by atoms with E-state index >= 15 is 0 Å². The zero-order chi connectivity index (χ0) is 13.1. The molecule has 0 unspecified atom stereocenters. The molecule has 7 nitrogen and oxygen atoms in total. The summed E-state index contributed by atoms with van der Waals surface area (Å²) in [5, 5.41) is 25.7. The quantitative estimate of drug-likeness (QED) is 0.422. The highest BCUT2D eigenvalue weighted by Gasteiger charge is 2.23. The van der Waals surface area contributed by atoms with Crippen molar-refractivity contribution in [2.24, 2.45) is 0 Å². The molecule has 0 spiro atoms. The van der Waals surface area contributed by atoms with E-state index in [0.29, 0.717) is 0 Å². The number of hydrogen-bond acceptors (Lipinski definition) is 5. The van der Waals surface area contributed by atoms with Crippen LogP contribution in [0.25, 0.3) is 0 Å². The van der Waals surface area contributed by atoms with Gasteiger partial charge in [-0.25, -0.2) is 0 Å². The van der Waals surface area contributed by atoms with Gasteiger partial charge in [-0.3, -0.25) is 14.9 Å². The van der Waals surface area contributed by atoms with Crippen molar-refractivity contribution in [3.63, 3.8) is 0 Å². The van der Waals surface area contributed by atoms with Gasteiger partial charge in [-0.05, 0) is 25.5 Å². The Bertz CT molecular complexity index is 483. The fraction of sp³-hybridized carbons (Fsp3) is 0.364. The van der Waals surface area contributed by atoms with E-state index in [9.17, 15) is 20.0 Å². The summed E-state index contributed by atoms with van der Waals surface area (Å²) in [5.74, 6) is -0.549. The van der Waals surface area contributed by atoms with Crippen LogP contribution in [0.2, 0.25) is 0 Å². The average molecular weight is 251 g/mol. The van der Waals surface area contributed by atoms with Crippen molar-refractivity contribution in [2.45, 2.75) is 18.9 Å². The SMILES string of the molecule is O=C(Nc1ccc([N+](=O)[O-])cc1O)[C@H]1CCCN1. The largest absolute Gasteiger partial charge is 0.506 e. The predicted molar refractivity (Wildman–Crippen MR) is 64.4 cm³/mol. The lowest BCUT2D eigenvalue weighted by molar-refractivity contribution is -0.384. The molecule has 3 N–H and O–H groups in total. The van der Waals surface area contributed by atoms with Gasteiger partial charge >= 0.3 is 0 Å². The van der Waals surface area contributed by atoms with E-state index in [-0.39, 0.29) is 29.1 Å². The molecule has 1 aromatic rings. The maximum absolute atomic E-state index is 11.8. The summed E-state index contributed by atoms with van der Waals surface area (Å²) in [6, 6.07) is 3.30. The molecular weight excluding hydrogens is 238 g/mol. The molecule has 1 heterocycles. The summed E-state index contributed by atoms with van der Waals surface area (Å²) in [6.07, 6.45) is 1.68. The molecule has 1 aromatic carbocycles. The van der Waals surface area contributed by atoms with Crippen molar-refractivity contribution in [3.05, 3.63) is 28.3 Å². The third-order valence-electron chi connectivity index (χ3n) is 2.83. The van der Waals surface area contributed by atoms with E-state index in [1.165, 1.54) is 12.1 Å². The van der Waals surface area contributed by atoms with Crippen LogP contribution in [0.15, 0.2) is 18.2 Å². The Morgan fingerprint density at radius 3 is 2.89 bits per heavy atom. The topological polar surface area (TPSA) is 104 Å². The van der Waals surface area contributed by atoms with Gasteiger partial charge in [0, 0.05) is 6.07 Å². The first-order valence-electron chi connectivity index (χ1n) is 5.59. The van der Waals surface area contributed by atoms with Gasteiger partial charge < -0.3 is 15.7 Å². The van der Waals surface area contributed by atoms with E-state index in [0.717, 1.165) is 25.5 Å². The lowest BCUT2D eigenvalue weighted by Crippen LogP contribution is -2.35. The lowest BCUT2D eigenvalue weighted by atomic mass is 10.2. The normalized spacial score (nSPS) is 18.6. The number of nitrogens with zero attached hydrogens (tertiary/aromatic N) is 1. The third-order valence-corrected chi connectivity index (χ3v) is 2.83. The Hall–Kier alpha value is -2.15. The van der Waals surface area contributed by atoms with E-state index < -0.39 is 4.92 Å². The molecule has 1 aliphatic rings. The van der Waals surface area contributed by atoms with E-state index in [2.05, 4.69) is 10.6 Å². The highest BCUT2D eigenvalue weighted by atomic mass is 16.6. The Labute approximate surface area is 103 Å². The van der Waals surface area contributed by atoms with Crippen LogP contribution >= 0.6 is 0 Å². The highest BCUT2D eigenvalue weighted by Crippen LogP contribution is 2.28. The van der Waals surface area contributed by atoms with Gasteiger partial charge in [-0.1, -0.05) is 0 Å². The molecule has 1 saturated heterocycles. The molecule has 0 radical (unpaired) electrons. The number of rotatable bonds is 3. The molecule has 1 amide bonds. The van der Waals surface area contributed by atoms with E-state index in [4.69, 9.17) is 0 Å². The highest BCUT2D eigenvalue weighted by molar-refractivity contribution is 5.96. The number of amides is 1. The first-order chi connectivity index (χ1) is 8.58. The van der Waals surface area contributed by atoms with Crippen molar-refractivity contribution < 1.29 is 14.8 Å². The first-order valence-corrected chi connectivity index (χ1v) is 5.59. The Morgan fingerprint density at radius 1 is 1.56 bits per heavy atom. The molecule has 1 aliphatic heterocycles. The summed E-state index contributed by atoms with van der Waals surface area (Å²) in [7, 11) is 0. The monoisotopic (exact) mass is 251 g/mol. The van der Waals surface area contributed by atoms with Gasteiger partial charge in [0.25, 0.3) is 5.69 Å². The minimum atomic E-state index is -0.607. The minimum Gasteiger partial charge on any atom is -0.506 e. The summed E-state index contributed by atoms with van der Waals surface area (Å²) in [4.78, 5) is 21.7. The van der Waals surface area contributed by atoms with Crippen LogP contribution in [0.3, 0.4) is 0 Å². The van der Waals surface area contributed by atoms with Crippen LogP contribution in [0.1, 0.15) is 12.8 Å². The molecule has 1 atom stereocenters. The molecule has 0 saturated carbocycles. The van der Waals surface area contributed by atoms with E-state index in [1.54, 1.807) is 0 Å². The molecule has 2 rings (SSSR count). The minimum absolute atomic E-state index is 0.180. The van der Waals surface area contributed by atoms with Gasteiger partial charge in [-0.15, -0.1) is 0 Å². The molecule has 7 heteroatoms. The zero-order valence-corrected chi connectivity index (χ0v) is 9.55. The number of anilines is 1. The smallest absolute Gasteiger partial charge is 0.273 e. The van der Waals surface area contributed by atoms with E-state index in [1.807, 2.05) is 0 Å². The second-order valence-corrected chi connectivity index (χ2v) is 4.10. The van der Waals surface area contributed by atoms with Gasteiger partial charge in [0.1, 0.15) is 5.75 Å². The number of carbonyl (C=O) groups is 1. The van der Waals surface area contributed by atoms with Crippen LogP contribution in [-0.2, 0) is 4.79 Å². The maximum atomic E-state index is 11.8. The van der Waals surface area contributed by atoms with Crippen LogP contribution in [-0.4, -0.2) is 28.5 Å². The Balaban J connectivity index is 2.09. The van der Waals surface area contributed by atoms with Crippen molar-refractivity contribution in [3.8, 4) is 5.75 Å². The summed E-state index contributed by atoms with van der Waals surface area (Å²) >= 11 is 0. The summed E-state index contributed by atoms with van der Waals surface area (Å²) < 4.78 is 0. The number of nitro benzene ring substituents is 1. The first kappa shape index (κ1) is 12.3. The number of hydrogen-bond donors (Lipinski definition) is 3. The number of aromatic hydroxyl groups is 1.